The van der Waals surface area contributed by atoms with E-state index in [1.807, 2.05) is 19.1 Å². The Bertz CT molecular complexity index is 530. The van der Waals surface area contributed by atoms with Gasteiger partial charge < -0.3 is 5.32 Å². The van der Waals surface area contributed by atoms with Crippen molar-refractivity contribution < 1.29 is 0 Å². The molecule has 1 N–H and O–H groups in total. The third-order valence-electron chi connectivity index (χ3n) is 3.83. The number of fused-ring (bicyclic) bond motifs is 1. The van der Waals surface area contributed by atoms with E-state index in [1.54, 1.807) is 11.8 Å². The number of anilines is 1. The normalized spacial score (nSPS) is 25.9. The van der Waals surface area contributed by atoms with Crippen LogP contribution in [0.5, 0.6) is 0 Å². The van der Waals surface area contributed by atoms with Gasteiger partial charge in [0, 0.05) is 10.8 Å². The second-order valence-corrected chi connectivity index (χ2v) is 7.03. The van der Waals surface area contributed by atoms with Gasteiger partial charge in [-0.05, 0) is 43.4 Å². The van der Waals surface area contributed by atoms with Crippen LogP contribution in [0.4, 0.5) is 5.69 Å². The average molecular weight is 315 g/mol. The van der Waals surface area contributed by atoms with E-state index in [9.17, 15) is 0 Å². The fourth-order valence-electron chi connectivity index (χ4n) is 2.68. The number of nitrogens with zero attached hydrogens (tertiary/aromatic N) is 1. The summed E-state index contributed by atoms with van der Waals surface area (Å²) in [4.78, 5) is 4.80. The Morgan fingerprint density at radius 1 is 1.26 bits per heavy atom. The number of benzene rings is 1. The first-order valence-electron chi connectivity index (χ1n) is 6.57. The van der Waals surface area contributed by atoms with Crippen LogP contribution >= 0.6 is 35.0 Å². The number of hydrogen-bond acceptors (Lipinski definition) is 3. The van der Waals surface area contributed by atoms with Crippen molar-refractivity contribution in [1.29, 1.82) is 0 Å². The molecule has 0 saturated heterocycles. The summed E-state index contributed by atoms with van der Waals surface area (Å²) in [6.07, 6.45) is 3.86. The molecule has 0 spiro atoms. The lowest BCUT2D eigenvalue weighted by atomic mass is 10.1. The SMILES string of the molecule is Cc1cc(Cl)c(NC2=NC3CCCC3CS2)cc1Cl. The lowest BCUT2D eigenvalue weighted by Gasteiger charge is -2.23. The monoisotopic (exact) mass is 314 g/mol. The van der Waals surface area contributed by atoms with Gasteiger partial charge in [-0.2, -0.15) is 0 Å². The Labute approximate surface area is 128 Å². The number of hydrogen-bond donors (Lipinski definition) is 1. The Balaban J connectivity index is 1.80. The zero-order valence-corrected chi connectivity index (χ0v) is 13.1. The Hall–Kier alpha value is -0.380. The van der Waals surface area contributed by atoms with Crippen molar-refractivity contribution in [2.45, 2.75) is 32.2 Å². The minimum atomic E-state index is 0.503. The Kier molecular flexibility index (Phi) is 3.97. The quantitative estimate of drug-likeness (QED) is 0.790. The molecule has 102 valence electrons. The highest BCUT2D eigenvalue weighted by molar-refractivity contribution is 8.14. The van der Waals surface area contributed by atoms with E-state index in [0.29, 0.717) is 11.1 Å². The molecule has 1 saturated carbocycles. The molecule has 5 heteroatoms. The molecular formula is C14H16Cl2N2S. The molecule has 1 aromatic carbocycles. The summed E-state index contributed by atoms with van der Waals surface area (Å²) in [7, 11) is 0. The summed E-state index contributed by atoms with van der Waals surface area (Å²) < 4.78 is 0. The highest BCUT2D eigenvalue weighted by atomic mass is 35.5. The largest absolute Gasteiger partial charge is 0.334 e. The standard InChI is InChI=1S/C14H16Cl2N2S/c1-8-5-11(16)13(6-10(8)15)18-14-17-12-4-2-3-9(12)7-19-14/h5-6,9,12H,2-4,7H2,1H3,(H,17,18). The van der Waals surface area contributed by atoms with Crippen molar-refractivity contribution in [2.24, 2.45) is 10.9 Å². The van der Waals surface area contributed by atoms with Crippen molar-refractivity contribution in [1.82, 2.24) is 0 Å². The molecule has 0 amide bonds. The van der Waals surface area contributed by atoms with E-state index >= 15 is 0 Å². The molecule has 2 aliphatic rings. The van der Waals surface area contributed by atoms with Crippen LogP contribution < -0.4 is 5.32 Å². The fourth-order valence-corrected chi connectivity index (χ4v) is 4.26. The van der Waals surface area contributed by atoms with Crippen LogP contribution in [0.3, 0.4) is 0 Å². The third kappa shape index (κ3) is 2.88. The maximum absolute atomic E-state index is 6.25. The highest BCUT2D eigenvalue weighted by Crippen LogP contribution is 2.36. The lowest BCUT2D eigenvalue weighted by Crippen LogP contribution is -2.25. The van der Waals surface area contributed by atoms with E-state index in [2.05, 4.69) is 5.32 Å². The molecule has 1 aromatic rings. The summed E-state index contributed by atoms with van der Waals surface area (Å²) in [6, 6.07) is 4.27. The van der Waals surface area contributed by atoms with Gasteiger partial charge in [-0.25, -0.2) is 0 Å². The molecule has 1 fully saturated rings. The number of amidine groups is 1. The van der Waals surface area contributed by atoms with E-state index in [4.69, 9.17) is 28.2 Å². The third-order valence-corrected chi connectivity index (χ3v) is 5.62. The summed E-state index contributed by atoms with van der Waals surface area (Å²) in [5.74, 6) is 1.93. The molecule has 0 bridgehead atoms. The van der Waals surface area contributed by atoms with Crippen molar-refractivity contribution in [2.75, 3.05) is 11.1 Å². The Morgan fingerprint density at radius 3 is 2.95 bits per heavy atom. The smallest absolute Gasteiger partial charge is 0.161 e. The molecule has 2 nitrogen and oxygen atoms in total. The van der Waals surface area contributed by atoms with Crippen molar-refractivity contribution in [3.63, 3.8) is 0 Å². The number of halogens is 2. The summed E-state index contributed by atoms with van der Waals surface area (Å²) in [5, 5.41) is 5.73. The van der Waals surface area contributed by atoms with Gasteiger partial charge in [-0.15, -0.1) is 0 Å². The second-order valence-electron chi connectivity index (χ2n) is 5.21. The zero-order valence-electron chi connectivity index (χ0n) is 10.7. The first-order valence-corrected chi connectivity index (χ1v) is 8.31. The zero-order chi connectivity index (χ0) is 13.4. The maximum Gasteiger partial charge on any atom is 0.161 e. The van der Waals surface area contributed by atoms with Crippen molar-refractivity contribution >= 4 is 45.8 Å². The molecule has 2 atom stereocenters. The molecule has 1 heterocycles. The average Bonchev–Trinajstić information content (AvgIpc) is 2.83. The predicted octanol–water partition coefficient (Wildman–Crippen LogP) is 4.99. The van der Waals surface area contributed by atoms with E-state index in [0.717, 1.165) is 33.1 Å². The Morgan fingerprint density at radius 2 is 2.11 bits per heavy atom. The lowest BCUT2D eigenvalue weighted by molar-refractivity contribution is 0.535. The van der Waals surface area contributed by atoms with Gasteiger partial charge in [0.1, 0.15) is 0 Å². The molecule has 0 aromatic heterocycles. The van der Waals surface area contributed by atoms with Gasteiger partial charge in [0.05, 0.1) is 16.8 Å². The minimum Gasteiger partial charge on any atom is -0.334 e. The van der Waals surface area contributed by atoms with Crippen LogP contribution in [-0.2, 0) is 0 Å². The van der Waals surface area contributed by atoms with E-state index in [-0.39, 0.29) is 0 Å². The molecule has 1 aliphatic carbocycles. The van der Waals surface area contributed by atoms with Gasteiger partial charge in [0.15, 0.2) is 5.17 Å². The maximum atomic E-state index is 6.25. The molecule has 1 aliphatic heterocycles. The van der Waals surface area contributed by atoms with Crippen LogP contribution in [0, 0.1) is 12.8 Å². The first kappa shape index (κ1) is 13.6. The first-order chi connectivity index (χ1) is 9.13. The van der Waals surface area contributed by atoms with E-state index < -0.39 is 0 Å². The van der Waals surface area contributed by atoms with Crippen molar-refractivity contribution in [3.8, 4) is 0 Å². The molecule has 19 heavy (non-hydrogen) atoms. The van der Waals surface area contributed by atoms with Crippen LogP contribution in [0.15, 0.2) is 17.1 Å². The van der Waals surface area contributed by atoms with Crippen LogP contribution in [-0.4, -0.2) is 17.0 Å². The highest BCUT2D eigenvalue weighted by Gasteiger charge is 2.31. The predicted molar refractivity (Wildman–Crippen MR) is 85.8 cm³/mol. The number of thioether (sulfide) groups is 1. The molecule has 3 rings (SSSR count). The van der Waals surface area contributed by atoms with E-state index in [1.165, 1.54) is 19.3 Å². The van der Waals surface area contributed by atoms with Gasteiger partial charge in [0.2, 0.25) is 0 Å². The minimum absolute atomic E-state index is 0.503. The molecular weight excluding hydrogens is 299 g/mol. The fraction of sp³-hybridized carbons (Fsp3) is 0.500. The van der Waals surface area contributed by atoms with Gasteiger partial charge in [-0.1, -0.05) is 41.4 Å². The molecule has 0 radical (unpaired) electrons. The summed E-state index contributed by atoms with van der Waals surface area (Å²) in [6.45, 7) is 1.95. The van der Waals surface area contributed by atoms with Gasteiger partial charge in [-0.3, -0.25) is 4.99 Å². The van der Waals surface area contributed by atoms with Crippen LogP contribution in [0.25, 0.3) is 0 Å². The topological polar surface area (TPSA) is 24.4 Å². The van der Waals surface area contributed by atoms with Crippen molar-refractivity contribution in [3.05, 3.63) is 27.7 Å². The second kappa shape index (κ2) is 5.55. The van der Waals surface area contributed by atoms with Crippen LogP contribution in [0.1, 0.15) is 24.8 Å². The number of aryl methyl sites for hydroxylation is 1. The van der Waals surface area contributed by atoms with Gasteiger partial charge in [0.25, 0.3) is 0 Å². The van der Waals surface area contributed by atoms with Gasteiger partial charge >= 0.3 is 0 Å². The number of rotatable bonds is 1. The summed E-state index contributed by atoms with van der Waals surface area (Å²) >= 11 is 14.2. The number of nitrogens with one attached hydrogen (secondary N) is 1. The van der Waals surface area contributed by atoms with Crippen LogP contribution in [0.2, 0.25) is 10.0 Å². The number of aliphatic imine (C=N–C) groups is 1. The molecule has 2 unspecified atom stereocenters. The summed E-state index contributed by atoms with van der Waals surface area (Å²) in [5.41, 5.74) is 1.84.